The van der Waals surface area contributed by atoms with Crippen LogP contribution in [0.4, 0.5) is 10.2 Å². The van der Waals surface area contributed by atoms with Crippen molar-refractivity contribution in [1.29, 1.82) is 0 Å². The maximum Gasteiger partial charge on any atom is 0.254 e. The van der Waals surface area contributed by atoms with Crippen LogP contribution < -0.4 is 11.1 Å². The van der Waals surface area contributed by atoms with Crippen LogP contribution in [0.1, 0.15) is 47.7 Å². The monoisotopic (exact) mass is 462 g/mol. The molecule has 34 heavy (non-hydrogen) atoms. The molecule has 2 saturated carbocycles. The molecule has 0 radical (unpaired) electrons. The smallest absolute Gasteiger partial charge is 0.254 e. The lowest BCUT2D eigenvalue weighted by Gasteiger charge is -2.38. The number of rotatable bonds is 5. The number of nitrogen functional groups attached to an aromatic ring is 1. The van der Waals surface area contributed by atoms with Gasteiger partial charge in [0.2, 0.25) is 5.91 Å². The van der Waals surface area contributed by atoms with E-state index in [1.807, 2.05) is 0 Å². The second-order valence-corrected chi connectivity index (χ2v) is 9.90. The van der Waals surface area contributed by atoms with Gasteiger partial charge in [0.05, 0.1) is 16.6 Å². The zero-order valence-corrected chi connectivity index (χ0v) is 18.8. The van der Waals surface area contributed by atoms with Gasteiger partial charge in [0.25, 0.3) is 5.91 Å². The highest BCUT2D eigenvalue weighted by molar-refractivity contribution is 5.95. The summed E-state index contributed by atoms with van der Waals surface area (Å²) in [5, 5.41) is 8.28. The summed E-state index contributed by atoms with van der Waals surface area (Å²) >= 11 is 0. The molecule has 3 aliphatic rings. The Balaban J connectivity index is 1.19. The van der Waals surface area contributed by atoms with Gasteiger partial charge in [0.15, 0.2) is 0 Å². The number of hydrogen-bond donors (Lipinski definition) is 2. The number of carbonyl (C=O) groups excluding carboxylic acids is 2. The molecule has 3 aromatic rings. The van der Waals surface area contributed by atoms with E-state index in [9.17, 15) is 14.0 Å². The van der Waals surface area contributed by atoms with Gasteiger partial charge in [-0.15, -0.1) is 0 Å². The van der Waals surface area contributed by atoms with Crippen molar-refractivity contribution >= 4 is 28.5 Å². The minimum Gasteiger partial charge on any atom is -0.384 e. The summed E-state index contributed by atoms with van der Waals surface area (Å²) in [6.45, 7) is 0.914. The average Bonchev–Trinajstić information content (AvgIpc) is 3.48. The molecule has 8 nitrogen and oxygen atoms in total. The summed E-state index contributed by atoms with van der Waals surface area (Å²) in [6.07, 6.45) is 6.25. The van der Waals surface area contributed by atoms with Crippen molar-refractivity contribution in [2.75, 3.05) is 18.8 Å². The fourth-order valence-corrected chi connectivity index (χ4v) is 6.01. The van der Waals surface area contributed by atoms with Gasteiger partial charge >= 0.3 is 0 Å². The van der Waals surface area contributed by atoms with Crippen LogP contribution >= 0.6 is 0 Å². The van der Waals surface area contributed by atoms with Gasteiger partial charge in [-0.1, -0.05) is 12.5 Å². The van der Waals surface area contributed by atoms with Crippen molar-refractivity contribution < 1.29 is 14.0 Å². The van der Waals surface area contributed by atoms with Crippen molar-refractivity contribution in [3.8, 4) is 0 Å². The SMILES string of the molecule is Nc1cc(C(=O)N2CC(c3nn(CC(=O)NC4CC5CCC4C5)c4cccc(F)c34)C2)ccn1. The Hall–Kier alpha value is -3.49. The molecule has 2 aromatic heterocycles. The first-order valence-electron chi connectivity index (χ1n) is 11.9. The summed E-state index contributed by atoms with van der Waals surface area (Å²) in [6, 6.07) is 8.27. The summed E-state index contributed by atoms with van der Waals surface area (Å²) in [7, 11) is 0. The van der Waals surface area contributed by atoms with Crippen molar-refractivity contribution in [2.45, 2.75) is 44.2 Å². The molecule has 3 atom stereocenters. The second-order valence-electron chi connectivity index (χ2n) is 9.90. The molecule has 2 amide bonds. The zero-order chi connectivity index (χ0) is 23.4. The molecule has 6 rings (SSSR count). The molecular formula is C25H27FN6O2. The number of nitrogens with zero attached hydrogens (tertiary/aromatic N) is 4. The van der Waals surface area contributed by atoms with Gasteiger partial charge in [-0.25, -0.2) is 9.37 Å². The van der Waals surface area contributed by atoms with E-state index in [-0.39, 0.29) is 36.1 Å². The molecule has 1 aliphatic heterocycles. The molecule has 3 heterocycles. The van der Waals surface area contributed by atoms with E-state index in [0.29, 0.717) is 47.0 Å². The Kier molecular flexibility index (Phi) is 5.00. The first-order chi connectivity index (χ1) is 16.5. The van der Waals surface area contributed by atoms with E-state index in [0.717, 1.165) is 12.3 Å². The number of anilines is 1. The van der Waals surface area contributed by atoms with Gasteiger partial charge in [0.1, 0.15) is 18.2 Å². The number of pyridine rings is 1. The highest BCUT2D eigenvalue weighted by Gasteiger charge is 2.40. The third-order valence-electron chi connectivity index (χ3n) is 7.72. The predicted molar refractivity (Wildman–Crippen MR) is 124 cm³/mol. The number of nitrogens with two attached hydrogens (primary N) is 1. The lowest BCUT2D eigenvalue weighted by molar-refractivity contribution is -0.122. The number of benzene rings is 1. The lowest BCUT2D eigenvalue weighted by atomic mass is 9.93. The van der Waals surface area contributed by atoms with Crippen LogP contribution in [0.2, 0.25) is 0 Å². The molecule has 176 valence electrons. The topological polar surface area (TPSA) is 106 Å². The standard InChI is InChI=1S/C25H27FN6O2/c26-18-2-1-3-20-23(18)24(17-11-31(12-17)25(34)16-6-7-28-21(27)10-16)30-32(20)13-22(33)29-19-9-14-4-5-15(19)8-14/h1-3,6-7,10,14-15,17,19H,4-5,8-9,11-13H2,(H2,27,28)(H,29,33). The first kappa shape index (κ1) is 21.1. The van der Waals surface area contributed by atoms with Crippen molar-refractivity contribution in [2.24, 2.45) is 11.8 Å². The number of aromatic nitrogens is 3. The van der Waals surface area contributed by atoms with Crippen LogP contribution in [0, 0.1) is 17.7 Å². The fraction of sp³-hybridized carbons (Fsp3) is 0.440. The Morgan fingerprint density at radius 2 is 2.03 bits per heavy atom. The predicted octanol–water partition coefficient (Wildman–Crippen LogP) is 2.70. The quantitative estimate of drug-likeness (QED) is 0.607. The molecule has 9 heteroatoms. The van der Waals surface area contributed by atoms with E-state index in [2.05, 4.69) is 15.4 Å². The number of likely N-dealkylation sites (tertiary alicyclic amines) is 1. The number of amides is 2. The van der Waals surface area contributed by atoms with Crippen LogP contribution in [0.5, 0.6) is 0 Å². The molecule has 1 saturated heterocycles. The largest absolute Gasteiger partial charge is 0.384 e. The van der Waals surface area contributed by atoms with Gasteiger partial charge in [-0.3, -0.25) is 14.3 Å². The van der Waals surface area contributed by atoms with Crippen LogP contribution in [0.15, 0.2) is 36.5 Å². The maximum absolute atomic E-state index is 14.9. The highest BCUT2D eigenvalue weighted by Crippen LogP contribution is 2.44. The summed E-state index contributed by atoms with van der Waals surface area (Å²) < 4.78 is 16.5. The Morgan fingerprint density at radius 1 is 1.18 bits per heavy atom. The van der Waals surface area contributed by atoms with Gasteiger partial charge in [-0.2, -0.15) is 5.10 Å². The molecule has 1 aromatic carbocycles. The van der Waals surface area contributed by atoms with E-state index in [1.54, 1.807) is 33.8 Å². The minimum atomic E-state index is -0.362. The minimum absolute atomic E-state index is 0.0551. The van der Waals surface area contributed by atoms with Crippen LogP contribution in [-0.4, -0.2) is 50.6 Å². The van der Waals surface area contributed by atoms with E-state index < -0.39 is 0 Å². The third-order valence-corrected chi connectivity index (χ3v) is 7.72. The van der Waals surface area contributed by atoms with E-state index in [4.69, 9.17) is 5.73 Å². The second kappa shape index (κ2) is 8.07. The fourth-order valence-electron chi connectivity index (χ4n) is 6.01. The Labute approximate surface area is 196 Å². The number of halogens is 1. The van der Waals surface area contributed by atoms with Gasteiger partial charge in [-0.05, 0) is 55.4 Å². The molecule has 2 aliphatic carbocycles. The Bertz CT molecular complexity index is 1280. The Morgan fingerprint density at radius 3 is 2.76 bits per heavy atom. The number of carbonyl (C=O) groups is 2. The molecular weight excluding hydrogens is 435 g/mol. The van der Waals surface area contributed by atoms with Crippen LogP contribution in [0.25, 0.3) is 10.9 Å². The first-order valence-corrected chi connectivity index (χ1v) is 11.9. The van der Waals surface area contributed by atoms with Crippen molar-refractivity contribution in [3.05, 3.63) is 53.6 Å². The van der Waals surface area contributed by atoms with Crippen LogP contribution in [-0.2, 0) is 11.3 Å². The summed E-state index contributed by atoms with van der Waals surface area (Å²) in [5.41, 5.74) is 7.37. The van der Waals surface area contributed by atoms with Crippen LogP contribution in [0.3, 0.4) is 0 Å². The molecule has 2 bridgehead atoms. The maximum atomic E-state index is 14.9. The number of hydrogen-bond acceptors (Lipinski definition) is 5. The molecule has 0 spiro atoms. The van der Waals surface area contributed by atoms with Crippen molar-refractivity contribution in [3.63, 3.8) is 0 Å². The van der Waals surface area contributed by atoms with E-state index in [1.165, 1.54) is 31.5 Å². The van der Waals surface area contributed by atoms with E-state index >= 15 is 0 Å². The zero-order valence-electron chi connectivity index (χ0n) is 18.8. The van der Waals surface area contributed by atoms with Crippen molar-refractivity contribution in [1.82, 2.24) is 25.0 Å². The summed E-state index contributed by atoms with van der Waals surface area (Å²) in [4.78, 5) is 31.2. The normalized spacial score (nSPS) is 23.9. The number of fused-ring (bicyclic) bond motifs is 3. The molecule has 3 N–H and O–H groups in total. The summed E-state index contributed by atoms with van der Waals surface area (Å²) in [5.74, 6) is 0.938. The average molecular weight is 463 g/mol. The van der Waals surface area contributed by atoms with Gasteiger partial charge < -0.3 is 16.0 Å². The highest BCUT2D eigenvalue weighted by atomic mass is 19.1. The number of nitrogens with one attached hydrogen (secondary N) is 1. The lowest BCUT2D eigenvalue weighted by Crippen LogP contribution is -2.48. The molecule has 3 unspecified atom stereocenters. The third kappa shape index (κ3) is 3.59. The van der Waals surface area contributed by atoms with Gasteiger partial charge in [0, 0.05) is 36.8 Å². The molecule has 3 fully saturated rings.